The highest BCUT2D eigenvalue weighted by molar-refractivity contribution is 9.10. The van der Waals surface area contributed by atoms with Crippen LogP contribution in [0.2, 0.25) is 0 Å². The molecule has 28 heavy (non-hydrogen) atoms. The number of hydrogen-bond donors (Lipinski definition) is 2. The van der Waals surface area contributed by atoms with Crippen molar-refractivity contribution < 1.29 is 27.9 Å². The third kappa shape index (κ3) is 6.54. The van der Waals surface area contributed by atoms with Crippen LogP contribution in [-0.2, 0) is 24.3 Å². The Morgan fingerprint density at radius 3 is 2.04 bits per heavy atom. The number of nitrogens with one attached hydrogen (secondary N) is 1. The number of rotatable bonds is 9. The van der Waals surface area contributed by atoms with E-state index in [0.717, 1.165) is 0 Å². The first-order valence-electron chi connectivity index (χ1n) is 8.82. The van der Waals surface area contributed by atoms with Crippen molar-refractivity contribution >= 4 is 37.8 Å². The number of aliphatic hydroxyl groups is 1. The lowest BCUT2D eigenvalue weighted by molar-refractivity contribution is -0.162. The van der Waals surface area contributed by atoms with Gasteiger partial charge in [-0.05, 0) is 58.9 Å². The van der Waals surface area contributed by atoms with E-state index >= 15 is 0 Å². The molecular weight excluding hydrogens is 452 g/mol. The third-order valence-electron chi connectivity index (χ3n) is 3.90. The minimum atomic E-state index is -4.06. The van der Waals surface area contributed by atoms with Crippen molar-refractivity contribution in [3.05, 3.63) is 28.7 Å². The summed E-state index contributed by atoms with van der Waals surface area (Å²) in [6.45, 7) is 7.97. The molecule has 1 amide bonds. The number of hydrogen-bond acceptors (Lipinski definition) is 6. The van der Waals surface area contributed by atoms with Crippen LogP contribution in [0.4, 0.5) is 0 Å². The van der Waals surface area contributed by atoms with E-state index in [-0.39, 0.29) is 17.0 Å². The molecule has 0 aliphatic heterocycles. The largest absolute Gasteiger partial charge is 0.451 e. The predicted molar refractivity (Wildman–Crippen MR) is 108 cm³/mol. The molecule has 10 heteroatoms. The van der Waals surface area contributed by atoms with E-state index in [4.69, 9.17) is 4.74 Å². The molecule has 0 saturated heterocycles. The topological polar surface area (TPSA) is 113 Å². The highest BCUT2D eigenvalue weighted by Gasteiger charge is 2.32. The van der Waals surface area contributed by atoms with Gasteiger partial charge in [-0.1, -0.05) is 15.9 Å². The van der Waals surface area contributed by atoms with Gasteiger partial charge in [0.25, 0.3) is 5.91 Å². The average molecular weight is 479 g/mol. The van der Waals surface area contributed by atoms with Gasteiger partial charge in [-0.2, -0.15) is 4.72 Å². The summed E-state index contributed by atoms with van der Waals surface area (Å²) in [6, 6.07) is 4.04. The SMILES string of the molecule is CC(OC(=O)C(CO)NS(=O)(=O)c1ccc(Br)cc1)C(=O)N(C(C)C)C(C)C. The molecule has 0 saturated carbocycles. The van der Waals surface area contributed by atoms with Gasteiger partial charge in [0.2, 0.25) is 10.0 Å². The molecule has 0 aliphatic carbocycles. The van der Waals surface area contributed by atoms with Crippen LogP contribution in [0.3, 0.4) is 0 Å². The molecule has 1 rings (SSSR count). The molecule has 0 aromatic heterocycles. The molecule has 2 N–H and O–H groups in total. The standard InChI is InChI=1S/C18H27BrN2O6S/c1-11(2)21(12(3)4)17(23)13(5)27-18(24)16(10-22)20-28(25,26)15-8-6-14(19)7-9-15/h6-9,11-13,16,20,22H,10H2,1-5H3. The van der Waals surface area contributed by atoms with Crippen LogP contribution in [0.1, 0.15) is 34.6 Å². The van der Waals surface area contributed by atoms with Crippen molar-refractivity contribution in [1.82, 2.24) is 9.62 Å². The van der Waals surface area contributed by atoms with Crippen LogP contribution in [0, 0.1) is 0 Å². The average Bonchev–Trinajstić information content (AvgIpc) is 2.59. The van der Waals surface area contributed by atoms with E-state index in [1.165, 1.54) is 31.2 Å². The molecule has 2 atom stereocenters. The molecule has 2 unspecified atom stereocenters. The fourth-order valence-corrected chi connectivity index (χ4v) is 4.09. The summed E-state index contributed by atoms with van der Waals surface area (Å²) in [5.74, 6) is -1.43. The zero-order valence-corrected chi connectivity index (χ0v) is 19.0. The van der Waals surface area contributed by atoms with Crippen LogP contribution >= 0.6 is 15.9 Å². The first-order valence-corrected chi connectivity index (χ1v) is 11.1. The first-order chi connectivity index (χ1) is 12.9. The Morgan fingerprint density at radius 2 is 1.61 bits per heavy atom. The maximum atomic E-state index is 12.6. The van der Waals surface area contributed by atoms with Gasteiger partial charge in [-0.3, -0.25) is 9.59 Å². The van der Waals surface area contributed by atoms with Crippen molar-refractivity contribution in [3.8, 4) is 0 Å². The number of carbonyl (C=O) groups excluding carboxylic acids is 2. The maximum absolute atomic E-state index is 12.6. The summed E-state index contributed by atoms with van der Waals surface area (Å²) in [5.41, 5.74) is 0. The Hall–Kier alpha value is -1.49. The molecule has 0 heterocycles. The molecule has 0 spiro atoms. The Kier molecular flexibility index (Phi) is 9.06. The van der Waals surface area contributed by atoms with E-state index in [1.54, 1.807) is 4.90 Å². The number of aliphatic hydroxyl groups excluding tert-OH is 1. The molecule has 0 radical (unpaired) electrons. The fourth-order valence-electron chi connectivity index (χ4n) is 2.65. The number of nitrogens with zero attached hydrogens (tertiary/aromatic N) is 1. The first kappa shape index (κ1) is 24.5. The van der Waals surface area contributed by atoms with Crippen molar-refractivity contribution in [2.24, 2.45) is 0 Å². The predicted octanol–water partition coefficient (Wildman–Crippen LogP) is 1.67. The molecule has 1 aromatic rings. The third-order valence-corrected chi connectivity index (χ3v) is 5.91. The van der Waals surface area contributed by atoms with Gasteiger partial charge in [0, 0.05) is 16.6 Å². The molecule has 158 valence electrons. The van der Waals surface area contributed by atoms with Crippen LogP contribution < -0.4 is 4.72 Å². The summed E-state index contributed by atoms with van der Waals surface area (Å²) in [5, 5.41) is 9.46. The summed E-state index contributed by atoms with van der Waals surface area (Å²) < 4.78 is 32.7. The van der Waals surface area contributed by atoms with Gasteiger partial charge in [-0.15, -0.1) is 0 Å². The highest BCUT2D eigenvalue weighted by Crippen LogP contribution is 2.15. The van der Waals surface area contributed by atoms with E-state index in [1.807, 2.05) is 27.7 Å². The van der Waals surface area contributed by atoms with Crippen LogP contribution in [0.15, 0.2) is 33.6 Å². The smallest absolute Gasteiger partial charge is 0.327 e. The maximum Gasteiger partial charge on any atom is 0.327 e. The van der Waals surface area contributed by atoms with Crippen molar-refractivity contribution in [3.63, 3.8) is 0 Å². The van der Waals surface area contributed by atoms with Crippen LogP contribution in [0.25, 0.3) is 0 Å². The number of carbonyl (C=O) groups is 2. The zero-order chi connectivity index (χ0) is 21.6. The van der Waals surface area contributed by atoms with Crippen LogP contribution in [0.5, 0.6) is 0 Å². The number of benzene rings is 1. The Bertz CT molecular complexity index is 772. The Labute approximate surface area is 174 Å². The van der Waals surface area contributed by atoms with Gasteiger partial charge in [-0.25, -0.2) is 8.42 Å². The second-order valence-corrected chi connectivity index (χ2v) is 9.45. The number of halogens is 1. The quantitative estimate of drug-likeness (QED) is 0.521. The number of ether oxygens (including phenoxy) is 1. The van der Waals surface area contributed by atoms with E-state index in [0.29, 0.717) is 4.47 Å². The fraction of sp³-hybridized carbons (Fsp3) is 0.556. The van der Waals surface area contributed by atoms with Crippen molar-refractivity contribution in [1.29, 1.82) is 0 Å². The summed E-state index contributed by atoms with van der Waals surface area (Å²) in [6.07, 6.45) is -1.12. The lowest BCUT2D eigenvalue weighted by Crippen LogP contribution is -2.50. The number of sulfonamides is 1. The molecule has 8 nitrogen and oxygen atoms in total. The van der Waals surface area contributed by atoms with Gasteiger partial charge in [0.1, 0.15) is 6.04 Å². The van der Waals surface area contributed by atoms with E-state index in [9.17, 15) is 23.1 Å². The molecule has 0 bridgehead atoms. The lowest BCUT2D eigenvalue weighted by atomic mass is 10.2. The van der Waals surface area contributed by atoms with Crippen LogP contribution in [-0.4, -0.2) is 61.1 Å². The minimum Gasteiger partial charge on any atom is -0.451 e. The second kappa shape index (κ2) is 10.3. The number of esters is 1. The summed E-state index contributed by atoms with van der Waals surface area (Å²) >= 11 is 3.21. The van der Waals surface area contributed by atoms with Gasteiger partial charge < -0.3 is 14.7 Å². The van der Waals surface area contributed by atoms with Gasteiger partial charge in [0.15, 0.2) is 6.10 Å². The molecule has 0 aliphatic rings. The minimum absolute atomic E-state index is 0.0723. The second-order valence-electron chi connectivity index (χ2n) is 6.82. The summed E-state index contributed by atoms with van der Waals surface area (Å²) in [4.78, 5) is 26.4. The van der Waals surface area contributed by atoms with E-state index in [2.05, 4.69) is 20.7 Å². The Balaban J connectivity index is 2.88. The molecule has 1 aromatic carbocycles. The van der Waals surface area contributed by atoms with Gasteiger partial charge >= 0.3 is 5.97 Å². The van der Waals surface area contributed by atoms with Gasteiger partial charge in [0.05, 0.1) is 11.5 Å². The Morgan fingerprint density at radius 1 is 1.11 bits per heavy atom. The normalized spacial score (nSPS) is 14.0. The van der Waals surface area contributed by atoms with E-state index < -0.39 is 40.7 Å². The van der Waals surface area contributed by atoms with Crippen molar-refractivity contribution in [2.75, 3.05) is 6.61 Å². The highest BCUT2D eigenvalue weighted by atomic mass is 79.9. The molecule has 0 fully saturated rings. The monoisotopic (exact) mass is 478 g/mol. The molecular formula is C18H27BrN2O6S. The van der Waals surface area contributed by atoms with Crippen molar-refractivity contribution in [2.45, 2.75) is 63.7 Å². The summed E-state index contributed by atoms with van der Waals surface area (Å²) in [7, 11) is -4.06. The lowest BCUT2D eigenvalue weighted by Gasteiger charge is -2.33. The zero-order valence-electron chi connectivity index (χ0n) is 16.5. The number of amides is 1.